The second kappa shape index (κ2) is 5.31. The molecule has 2 N–H and O–H groups in total. The largest absolute Gasteiger partial charge is 0.481 e. The SMILES string of the molecule is O=C(NC1CCCC(C(=O)O)C1)c1ccsc1. The number of carboxylic acid groups (broad SMARTS) is 1. The Kier molecular flexibility index (Phi) is 3.78. The molecule has 17 heavy (non-hydrogen) atoms. The fraction of sp³-hybridized carbons (Fsp3) is 0.500. The molecule has 0 bridgehead atoms. The summed E-state index contributed by atoms with van der Waals surface area (Å²) in [6, 6.07) is 1.77. The van der Waals surface area contributed by atoms with Crippen molar-refractivity contribution in [1.82, 2.24) is 5.32 Å². The van der Waals surface area contributed by atoms with Crippen LogP contribution in [0.1, 0.15) is 36.0 Å². The third-order valence-corrected chi connectivity index (χ3v) is 3.83. The lowest BCUT2D eigenvalue weighted by Crippen LogP contribution is -2.39. The quantitative estimate of drug-likeness (QED) is 0.867. The van der Waals surface area contributed by atoms with Crippen LogP contribution in [0.4, 0.5) is 0 Å². The lowest BCUT2D eigenvalue weighted by atomic mass is 9.86. The lowest BCUT2D eigenvalue weighted by molar-refractivity contribution is -0.143. The van der Waals surface area contributed by atoms with Crippen LogP contribution in [0.3, 0.4) is 0 Å². The highest BCUT2D eigenvalue weighted by atomic mass is 32.1. The maximum atomic E-state index is 11.8. The highest BCUT2D eigenvalue weighted by Crippen LogP contribution is 2.24. The van der Waals surface area contributed by atoms with Gasteiger partial charge >= 0.3 is 5.97 Å². The van der Waals surface area contributed by atoms with Crippen LogP contribution in [0.25, 0.3) is 0 Å². The molecule has 0 radical (unpaired) electrons. The van der Waals surface area contributed by atoms with Gasteiger partial charge in [-0.3, -0.25) is 9.59 Å². The normalized spacial score (nSPS) is 24.2. The molecular weight excluding hydrogens is 238 g/mol. The number of hydrogen-bond donors (Lipinski definition) is 2. The van der Waals surface area contributed by atoms with E-state index in [2.05, 4.69) is 5.32 Å². The van der Waals surface area contributed by atoms with E-state index in [1.165, 1.54) is 11.3 Å². The first-order chi connectivity index (χ1) is 8.16. The molecule has 2 rings (SSSR count). The van der Waals surface area contributed by atoms with Crippen molar-refractivity contribution in [2.75, 3.05) is 0 Å². The molecule has 2 unspecified atom stereocenters. The predicted octanol–water partition coefficient (Wildman–Crippen LogP) is 2.12. The Morgan fingerprint density at radius 3 is 2.88 bits per heavy atom. The van der Waals surface area contributed by atoms with Crippen molar-refractivity contribution in [1.29, 1.82) is 0 Å². The minimum atomic E-state index is -0.750. The molecule has 1 aliphatic rings. The molecule has 4 nitrogen and oxygen atoms in total. The number of aliphatic carboxylic acids is 1. The molecule has 1 fully saturated rings. The zero-order chi connectivity index (χ0) is 12.3. The Morgan fingerprint density at radius 2 is 2.24 bits per heavy atom. The van der Waals surface area contributed by atoms with E-state index in [0.717, 1.165) is 19.3 Å². The molecule has 1 aliphatic carbocycles. The van der Waals surface area contributed by atoms with E-state index in [0.29, 0.717) is 12.0 Å². The fourth-order valence-corrected chi connectivity index (χ4v) is 2.84. The predicted molar refractivity (Wildman–Crippen MR) is 65.2 cm³/mol. The van der Waals surface area contributed by atoms with Gasteiger partial charge in [0.25, 0.3) is 5.91 Å². The number of carbonyl (C=O) groups is 2. The Labute approximate surface area is 104 Å². The molecule has 1 saturated carbocycles. The third kappa shape index (κ3) is 3.06. The molecule has 1 aromatic rings. The van der Waals surface area contributed by atoms with Crippen LogP contribution in [0.2, 0.25) is 0 Å². The van der Waals surface area contributed by atoms with Crippen molar-refractivity contribution in [2.45, 2.75) is 31.7 Å². The minimum Gasteiger partial charge on any atom is -0.481 e. The Hall–Kier alpha value is -1.36. The molecule has 1 amide bonds. The van der Waals surface area contributed by atoms with Crippen molar-refractivity contribution in [3.05, 3.63) is 22.4 Å². The van der Waals surface area contributed by atoms with Gasteiger partial charge in [0.2, 0.25) is 0 Å². The molecule has 5 heteroatoms. The number of hydrogen-bond acceptors (Lipinski definition) is 3. The first-order valence-corrected chi connectivity index (χ1v) is 6.67. The van der Waals surface area contributed by atoms with E-state index in [4.69, 9.17) is 5.11 Å². The number of carbonyl (C=O) groups excluding carboxylic acids is 1. The highest BCUT2D eigenvalue weighted by molar-refractivity contribution is 7.08. The van der Waals surface area contributed by atoms with Crippen molar-refractivity contribution in [2.24, 2.45) is 5.92 Å². The zero-order valence-electron chi connectivity index (χ0n) is 9.39. The van der Waals surface area contributed by atoms with E-state index < -0.39 is 5.97 Å². The van der Waals surface area contributed by atoms with E-state index in [9.17, 15) is 9.59 Å². The van der Waals surface area contributed by atoms with Crippen LogP contribution >= 0.6 is 11.3 Å². The zero-order valence-corrected chi connectivity index (χ0v) is 10.2. The monoisotopic (exact) mass is 253 g/mol. The standard InChI is InChI=1S/C12H15NO3S/c14-11(9-4-5-17-7-9)13-10-3-1-2-8(6-10)12(15)16/h4-5,7-8,10H,1-3,6H2,(H,13,14)(H,15,16). The second-order valence-corrected chi connectivity index (χ2v) is 5.16. The Morgan fingerprint density at radius 1 is 1.41 bits per heavy atom. The molecular formula is C12H15NO3S. The molecule has 0 aliphatic heterocycles. The first kappa shape index (κ1) is 12.1. The first-order valence-electron chi connectivity index (χ1n) is 5.72. The number of carboxylic acids is 1. The van der Waals surface area contributed by atoms with Gasteiger partial charge in [0, 0.05) is 17.0 Å². The van der Waals surface area contributed by atoms with Crippen molar-refractivity contribution in [3.8, 4) is 0 Å². The van der Waals surface area contributed by atoms with Crippen LogP contribution < -0.4 is 5.32 Å². The fourth-order valence-electron chi connectivity index (χ4n) is 2.21. The van der Waals surface area contributed by atoms with Crippen LogP contribution in [-0.4, -0.2) is 23.0 Å². The molecule has 0 saturated heterocycles. The van der Waals surface area contributed by atoms with E-state index in [-0.39, 0.29) is 17.9 Å². The average Bonchev–Trinajstić information content (AvgIpc) is 2.82. The third-order valence-electron chi connectivity index (χ3n) is 3.14. The molecule has 1 heterocycles. The molecule has 0 spiro atoms. The Bertz CT molecular complexity index is 402. The molecule has 1 aromatic heterocycles. The van der Waals surface area contributed by atoms with Gasteiger partial charge in [0.05, 0.1) is 5.92 Å². The van der Waals surface area contributed by atoms with Crippen molar-refractivity contribution >= 4 is 23.2 Å². The summed E-state index contributed by atoms with van der Waals surface area (Å²) in [4.78, 5) is 22.7. The number of rotatable bonds is 3. The molecule has 2 atom stereocenters. The Balaban J connectivity index is 1.91. The summed E-state index contributed by atoms with van der Waals surface area (Å²) >= 11 is 1.48. The summed E-state index contributed by atoms with van der Waals surface area (Å²) in [6.07, 6.45) is 3.01. The van der Waals surface area contributed by atoms with Gasteiger partial charge in [-0.2, -0.15) is 11.3 Å². The van der Waals surface area contributed by atoms with Gasteiger partial charge in [-0.05, 0) is 30.7 Å². The molecule has 0 aromatic carbocycles. The topological polar surface area (TPSA) is 66.4 Å². The van der Waals surface area contributed by atoms with Crippen LogP contribution in [0.15, 0.2) is 16.8 Å². The minimum absolute atomic E-state index is 0.00255. The highest BCUT2D eigenvalue weighted by Gasteiger charge is 2.27. The van der Waals surface area contributed by atoms with Crippen molar-refractivity contribution < 1.29 is 14.7 Å². The van der Waals surface area contributed by atoms with Gasteiger partial charge in [-0.1, -0.05) is 6.42 Å². The summed E-state index contributed by atoms with van der Waals surface area (Å²) in [5, 5.41) is 15.5. The van der Waals surface area contributed by atoms with Crippen LogP contribution in [-0.2, 0) is 4.79 Å². The number of nitrogens with one attached hydrogen (secondary N) is 1. The second-order valence-electron chi connectivity index (χ2n) is 4.38. The van der Waals surface area contributed by atoms with Gasteiger partial charge in [0.1, 0.15) is 0 Å². The summed E-state index contributed by atoms with van der Waals surface area (Å²) in [6.45, 7) is 0. The number of thiophene rings is 1. The van der Waals surface area contributed by atoms with Gasteiger partial charge in [0.15, 0.2) is 0 Å². The summed E-state index contributed by atoms with van der Waals surface area (Å²) < 4.78 is 0. The summed E-state index contributed by atoms with van der Waals surface area (Å²) in [7, 11) is 0. The van der Waals surface area contributed by atoms with Gasteiger partial charge in [-0.25, -0.2) is 0 Å². The average molecular weight is 253 g/mol. The van der Waals surface area contributed by atoms with E-state index in [1.54, 1.807) is 11.4 Å². The molecule has 92 valence electrons. The maximum absolute atomic E-state index is 11.8. The maximum Gasteiger partial charge on any atom is 0.306 e. The summed E-state index contributed by atoms with van der Waals surface area (Å²) in [5.41, 5.74) is 0.660. The smallest absolute Gasteiger partial charge is 0.306 e. The van der Waals surface area contributed by atoms with Gasteiger partial charge < -0.3 is 10.4 Å². The van der Waals surface area contributed by atoms with Crippen LogP contribution in [0, 0.1) is 5.92 Å². The van der Waals surface area contributed by atoms with Gasteiger partial charge in [-0.15, -0.1) is 0 Å². The summed E-state index contributed by atoms with van der Waals surface area (Å²) in [5.74, 6) is -1.15. The number of amides is 1. The van der Waals surface area contributed by atoms with E-state index >= 15 is 0 Å². The lowest BCUT2D eigenvalue weighted by Gasteiger charge is -2.27. The van der Waals surface area contributed by atoms with E-state index in [1.807, 2.05) is 5.38 Å². The van der Waals surface area contributed by atoms with Crippen LogP contribution in [0.5, 0.6) is 0 Å². The van der Waals surface area contributed by atoms with Crippen molar-refractivity contribution in [3.63, 3.8) is 0 Å².